The van der Waals surface area contributed by atoms with Crippen LogP contribution in [0.2, 0.25) is 0 Å². The lowest BCUT2D eigenvalue weighted by Gasteiger charge is -2.37. The smallest absolute Gasteiger partial charge is 0.252 e. The molecule has 1 aliphatic carbocycles. The van der Waals surface area contributed by atoms with E-state index in [-0.39, 0.29) is 61.9 Å². The van der Waals surface area contributed by atoms with Gasteiger partial charge in [0.1, 0.15) is 0 Å². The lowest BCUT2D eigenvalue weighted by molar-refractivity contribution is -0.148. The Morgan fingerprint density at radius 3 is 2.39 bits per heavy atom. The van der Waals surface area contributed by atoms with Crippen LogP contribution in [0.4, 0.5) is 0 Å². The van der Waals surface area contributed by atoms with Gasteiger partial charge in [-0.15, -0.1) is 0 Å². The Balaban J connectivity index is 1.65. The number of nitrogens with one attached hydrogen (secondary N) is 2. The zero-order valence-electron chi connectivity index (χ0n) is 26.1. The number of hydrogen-bond donors (Lipinski definition) is 3. The fourth-order valence-electron chi connectivity index (χ4n) is 5.02. The molecule has 1 saturated carbocycles. The minimum Gasteiger partial charge on any atom is -0.454 e. The second-order valence-electron chi connectivity index (χ2n) is 12.2. The van der Waals surface area contributed by atoms with Crippen LogP contribution in [0.3, 0.4) is 0 Å². The first-order chi connectivity index (χ1) is 21.0. The Bertz CT molecular complexity index is 1370. The number of ether oxygens (including phenoxy) is 2. The van der Waals surface area contributed by atoms with Gasteiger partial charge in [-0.1, -0.05) is 64.4 Å². The number of carbonyl (C=O) groups is 2. The Morgan fingerprint density at radius 2 is 1.73 bits per heavy atom. The highest BCUT2D eigenvalue weighted by Gasteiger charge is 2.37. The maximum Gasteiger partial charge on any atom is 0.252 e. The molecule has 0 aromatic heterocycles. The third-order valence-electron chi connectivity index (χ3n) is 7.87. The van der Waals surface area contributed by atoms with Crippen molar-refractivity contribution in [2.75, 3.05) is 26.4 Å². The topological polar surface area (TPSA) is 138 Å². The fourth-order valence-corrected chi connectivity index (χ4v) is 6.66. The van der Waals surface area contributed by atoms with E-state index < -0.39 is 28.1 Å². The molecule has 0 saturated heterocycles. The van der Waals surface area contributed by atoms with Gasteiger partial charge >= 0.3 is 0 Å². The number of amides is 2. The second kappa shape index (κ2) is 15.2. The van der Waals surface area contributed by atoms with Gasteiger partial charge in [-0.3, -0.25) is 15.0 Å². The summed E-state index contributed by atoms with van der Waals surface area (Å²) < 4.78 is 39.9. The highest BCUT2D eigenvalue weighted by molar-refractivity contribution is 7.89. The Morgan fingerprint density at radius 1 is 1.02 bits per heavy atom. The van der Waals surface area contributed by atoms with Crippen LogP contribution in [0.5, 0.6) is 11.5 Å². The van der Waals surface area contributed by atoms with Gasteiger partial charge < -0.3 is 19.9 Å². The first kappa shape index (κ1) is 33.7. The maximum atomic E-state index is 14.0. The van der Waals surface area contributed by atoms with Crippen molar-refractivity contribution >= 4 is 21.8 Å². The van der Waals surface area contributed by atoms with Crippen molar-refractivity contribution < 1.29 is 32.6 Å². The minimum absolute atomic E-state index is 0.0107. The van der Waals surface area contributed by atoms with Crippen LogP contribution < -0.4 is 20.2 Å². The number of aliphatic hydroxyl groups excluding tert-OH is 1. The molecule has 1 aliphatic heterocycles. The van der Waals surface area contributed by atoms with Crippen molar-refractivity contribution in [2.24, 2.45) is 11.8 Å². The molecule has 3 atom stereocenters. The number of rotatable bonds is 16. The number of benzene rings is 2. The predicted molar refractivity (Wildman–Crippen MR) is 166 cm³/mol. The average molecular weight is 631 g/mol. The number of aliphatic hydroxyl groups is 1. The van der Waals surface area contributed by atoms with Crippen molar-refractivity contribution in [1.29, 1.82) is 0 Å². The average Bonchev–Trinajstić information content (AvgIpc) is 3.71. The molecule has 242 valence electrons. The SMILES string of the molecule is CC[C@H](C)CC(=O)N(NC(=O)CNC1CC1)C(Cc1ccccc1)[C@H](O)CN(CC(C)C)S(=O)(=O)c1ccc2c(c1)OCO2. The molecule has 2 aliphatic rings. The molecule has 2 amide bonds. The maximum absolute atomic E-state index is 14.0. The van der Waals surface area contributed by atoms with Crippen molar-refractivity contribution in [2.45, 2.75) is 82.9 Å². The highest BCUT2D eigenvalue weighted by atomic mass is 32.2. The monoisotopic (exact) mass is 630 g/mol. The highest BCUT2D eigenvalue weighted by Crippen LogP contribution is 2.35. The van der Waals surface area contributed by atoms with Crippen LogP contribution >= 0.6 is 0 Å². The first-order valence-electron chi connectivity index (χ1n) is 15.4. The third-order valence-corrected chi connectivity index (χ3v) is 9.69. The van der Waals surface area contributed by atoms with E-state index in [0.717, 1.165) is 24.8 Å². The summed E-state index contributed by atoms with van der Waals surface area (Å²) in [4.78, 5) is 26.8. The van der Waals surface area contributed by atoms with Gasteiger partial charge in [-0.2, -0.15) is 4.31 Å². The zero-order chi connectivity index (χ0) is 31.9. The largest absolute Gasteiger partial charge is 0.454 e. The molecule has 2 aromatic rings. The fraction of sp³-hybridized carbons (Fsp3) is 0.562. The molecular formula is C32H46N4O7S. The number of hydrogen-bond acceptors (Lipinski definition) is 8. The summed E-state index contributed by atoms with van der Waals surface area (Å²) in [5, 5.41) is 16.3. The normalized spacial score (nSPS) is 16.5. The van der Waals surface area contributed by atoms with Crippen LogP contribution in [0.1, 0.15) is 58.9 Å². The van der Waals surface area contributed by atoms with Gasteiger partial charge in [-0.05, 0) is 48.8 Å². The van der Waals surface area contributed by atoms with E-state index in [1.54, 1.807) is 6.07 Å². The van der Waals surface area contributed by atoms with Gasteiger partial charge in [0.05, 0.1) is 23.6 Å². The van der Waals surface area contributed by atoms with Crippen molar-refractivity contribution in [3.8, 4) is 11.5 Å². The summed E-state index contributed by atoms with van der Waals surface area (Å²) >= 11 is 0. The summed E-state index contributed by atoms with van der Waals surface area (Å²) in [5.41, 5.74) is 3.60. The summed E-state index contributed by atoms with van der Waals surface area (Å²) in [6, 6.07) is 13.1. The second-order valence-corrected chi connectivity index (χ2v) is 14.2. The molecule has 4 rings (SSSR count). The van der Waals surface area contributed by atoms with E-state index in [0.29, 0.717) is 17.5 Å². The lowest BCUT2D eigenvalue weighted by atomic mass is 9.98. The molecule has 44 heavy (non-hydrogen) atoms. The van der Waals surface area contributed by atoms with Gasteiger partial charge in [0, 0.05) is 31.6 Å². The number of hydrazine groups is 1. The van der Waals surface area contributed by atoms with E-state index in [4.69, 9.17) is 9.47 Å². The molecule has 1 heterocycles. The Labute approximate surface area is 260 Å². The summed E-state index contributed by atoms with van der Waals surface area (Å²) in [5.74, 6) is 0.0478. The number of carbonyl (C=O) groups excluding carboxylic acids is 2. The van der Waals surface area contributed by atoms with Crippen LogP contribution in [0.15, 0.2) is 53.4 Å². The first-order valence-corrected chi connectivity index (χ1v) is 16.9. The van der Waals surface area contributed by atoms with Gasteiger partial charge in [0.15, 0.2) is 11.5 Å². The van der Waals surface area contributed by atoms with Crippen LogP contribution in [-0.4, -0.2) is 79.3 Å². The molecule has 1 fully saturated rings. The zero-order valence-corrected chi connectivity index (χ0v) is 26.9. The van der Waals surface area contributed by atoms with E-state index in [9.17, 15) is 23.1 Å². The molecule has 0 spiro atoms. The van der Waals surface area contributed by atoms with Gasteiger partial charge in [0.2, 0.25) is 22.7 Å². The van der Waals surface area contributed by atoms with Crippen molar-refractivity contribution in [3.63, 3.8) is 0 Å². The molecule has 2 aromatic carbocycles. The molecule has 0 radical (unpaired) electrons. The van der Waals surface area contributed by atoms with Gasteiger partial charge in [0.25, 0.3) is 5.91 Å². The number of fused-ring (bicyclic) bond motifs is 1. The van der Waals surface area contributed by atoms with E-state index in [1.165, 1.54) is 21.4 Å². The molecular weight excluding hydrogens is 584 g/mol. The van der Waals surface area contributed by atoms with Gasteiger partial charge in [-0.25, -0.2) is 13.4 Å². The molecule has 1 unspecified atom stereocenters. The predicted octanol–water partition coefficient (Wildman–Crippen LogP) is 3.08. The molecule has 12 heteroatoms. The summed E-state index contributed by atoms with van der Waals surface area (Å²) in [6.07, 6.45) is 1.79. The third kappa shape index (κ3) is 9.16. The lowest BCUT2D eigenvalue weighted by Crippen LogP contribution is -2.60. The molecule has 11 nitrogen and oxygen atoms in total. The number of nitrogens with zero attached hydrogens (tertiary/aromatic N) is 2. The van der Waals surface area contributed by atoms with Crippen LogP contribution in [0.25, 0.3) is 0 Å². The van der Waals surface area contributed by atoms with Crippen LogP contribution in [-0.2, 0) is 26.0 Å². The Kier molecular flexibility index (Phi) is 11.6. The summed E-state index contributed by atoms with van der Waals surface area (Å²) in [6.45, 7) is 7.61. The van der Waals surface area contributed by atoms with Crippen molar-refractivity contribution in [3.05, 3.63) is 54.1 Å². The van der Waals surface area contributed by atoms with Crippen molar-refractivity contribution in [1.82, 2.24) is 20.1 Å². The van der Waals surface area contributed by atoms with E-state index >= 15 is 0 Å². The molecule has 3 N–H and O–H groups in total. The minimum atomic E-state index is -4.09. The Hall–Kier alpha value is -3.19. The van der Waals surface area contributed by atoms with E-state index in [2.05, 4.69) is 10.7 Å². The van der Waals surface area contributed by atoms with E-state index in [1.807, 2.05) is 58.0 Å². The summed E-state index contributed by atoms with van der Waals surface area (Å²) in [7, 11) is -4.09. The van der Waals surface area contributed by atoms with Crippen LogP contribution in [0, 0.1) is 11.8 Å². The standard InChI is InChI=1S/C32H46N4O7S/c1-5-23(4)15-32(39)36(34-31(38)18-33-25-11-12-25)27(16-24-9-7-6-8-10-24)28(37)20-35(19-22(2)3)44(40,41)26-13-14-29-30(17-26)43-21-42-29/h6-10,13-14,17,22-23,25,27-28,33,37H,5,11-12,15-16,18-21H2,1-4H3,(H,34,38)/t23-,27?,28+/m0/s1. The number of sulfonamides is 1. The molecule has 0 bridgehead atoms. The quantitative estimate of drug-likeness (QED) is 0.241.